The summed E-state index contributed by atoms with van der Waals surface area (Å²) in [7, 11) is 1.22. The molecule has 2 N–H and O–H groups in total. The van der Waals surface area contributed by atoms with E-state index in [9.17, 15) is 22.8 Å². The summed E-state index contributed by atoms with van der Waals surface area (Å²) in [5.41, 5.74) is -0.0193. The first-order chi connectivity index (χ1) is 17.2. The maximum atomic E-state index is 13.2. The average Bonchev–Trinajstić information content (AvgIpc) is 3.35. The number of rotatable bonds is 9. The molecule has 36 heavy (non-hydrogen) atoms. The van der Waals surface area contributed by atoms with Gasteiger partial charge in [0.05, 0.1) is 13.7 Å². The van der Waals surface area contributed by atoms with Crippen LogP contribution in [0.3, 0.4) is 0 Å². The highest BCUT2D eigenvalue weighted by molar-refractivity contribution is 7.13. The molecule has 0 saturated carbocycles. The Hall–Kier alpha value is -3.74. The Balaban J connectivity index is 2.11. The molecule has 9 nitrogen and oxygen atoms in total. The number of carbonyl (C=O) groups is 2. The summed E-state index contributed by atoms with van der Waals surface area (Å²) >= 11 is 0.784. The number of carbonyl (C=O) groups excluding carboxylic acids is 2. The summed E-state index contributed by atoms with van der Waals surface area (Å²) in [6, 6.07) is 2.35. The number of hydrogen-bond donors (Lipinski definition) is 2. The Morgan fingerprint density at radius 3 is 2.53 bits per heavy atom. The van der Waals surface area contributed by atoms with Crippen molar-refractivity contribution in [1.29, 1.82) is 0 Å². The number of anilines is 1. The Morgan fingerprint density at radius 1 is 1.11 bits per heavy atom. The van der Waals surface area contributed by atoms with Crippen LogP contribution in [0.1, 0.15) is 42.7 Å². The first kappa shape index (κ1) is 26.9. The Morgan fingerprint density at radius 2 is 1.89 bits per heavy atom. The van der Waals surface area contributed by atoms with Gasteiger partial charge in [-0.2, -0.15) is 13.2 Å². The van der Waals surface area contributed by atoms with Gasteiger partial charge in [-0.15, -0.1) is 11.3 Å². The van der Waals surface area contributed by atoms with Gasteiger partial charge in [-0.1, -0.05) is 13.3 Å². The van der Waals surface area contributed by atoms with E-state index in [-0.39, 0.29) is 27.8 Å². The minimum Gasteiger partial charge on any atom is -0.477 e. The number of ether oxygens (including phenoxy) is 2. The third-order valence-corrected chi connectivity index (χ3v) is 5.69. The number of hydrogen-bond acceptors (Lipinski definition) is 8. The number of pyridine rings is 2. The number of esters is 1. The molecule has 0 atom stereocenters. The number of unbranched alkanes of at least 4 members (excludes halogenated alkanes) is 1. The van der Waals surface area contributed by atoms with Crippen molar-refractivity contribution in [2.45, 2.75) is 32.9 Å². The molecule has 0 saturated heterocycles. The third kappa shape index (κ3) is 6.47. The number of nitrogens with one attached hydrogen (secondary N) is 2. The average molecular weight is 524 g/mol. The zero-order valence-electron chi connectivity index (χ0n) is 19.7. The van der Waals surface area contributed by atoms with Gasteiger partial charge in [0.2, 0.25) is 5.88 Å². The number of thiazole rings is 1. The summed E-state index contributed by atoms with van der Waals surface area (Å²) in [6.07, 6.45) is -0.208. The molecule has 3 aromatic heterocycles. The predicted octanol–water partition coefficient (Wildman–Crippen LogP) is 5.39. The van der Waals surface area contributed by atoms with Crippen LogP contribution in [0, 0.1) is 0 Å². The molecule has 0 unspecified atom stereocenters. The molecule has 13 heteroatoms. The number of halogens is 3. The van der Waals surface area contributed by atoms with E-state index < -0.39 is 23.9 Å². The molecular weight excluding hydrogens is 499 g/mol. The van der Waals surface area contributed by atoms with Gasteiger partial charge in [0, 0.05) is 41.0 Å². The first-order valence-corrected chi connectivity index (χ1v) is 11.8. The fourth-order valence-electron chi connectivity index (χ4n) is 3.06. The maximum absolute atomic E-state index is 13.2. The molecule has 0 spiro atoms. The molecule has 3 rings (SSSR count). The summed E-state index contributed by atoms with van der Waals surface area (Å²) in [5, 5.41) is 6.02. The van der Waals surface area contributed by atoms with Crippen molar-refractivity contribution in [2.24, 2.45) is 0 Å². The van der Waals surface area contributed by atoms with Crippen molar-refractivity contribution in [1.82, 2.24) is 20.3 Å². The van der Waals surface area contributed by atoms with Gasteiger partial charge in [0.15, 0.2) is 5.69 Å². The highest BCUT2D eigenvalue weighted by Crippen LogP contribution is 2.39. The second-order valence-electron chi connectivity index (χ2n) is 7.41. The second kappa shape index (κ2) is 11.8. The van der Waals surface area contributed by atoms with E-state index in [1.165, 1.54) is 31.6 Å². The molecule has 192 valence electrons. The van der Waals surface area contributed by atoms with Crippen LogP contribution in [-0.4, -0.2) is 47.2 Å². The number of aromatic nitrogens is 3. The van der Waals surface area contributed by atoms with Crippen molar-refractivity contribution in [2.75, 3.05) is 25.6 Å². The lowest BCUT2D eigenvalue weighted by Gasteiger charge is -2.13. The zero-order chi connectivity index (χ0) is 26.3. The number of urea groups is 1. The SMILES string of the molecule is CCCCOc1ncc(-c2cnc(NC(=O)NCC)cc2-c2nc(C(F)(F)F)cs2)cc1C(=O)OC. The number of methoxy groups -OCH3 is 1. The monoisotopic (exact) mass is 523 g/mol. The minimum atomic E-state index is -4.62. The molecule has 0 radical (unpaired) electrons. The van der Waals surface area contributed by atoms with Gasteiger partial charge < -0.3 is 14.8 Å². The highest BCUT2D eigenvalue weighted by atomic mass is 32.1. The molecule has 2 amide bonds. The van der Waals surface area contributed by atoms with E-state index >= 15 is 0 Å². The molecule has 0 aromatic carbocycles. The van der Waals surface area contributed by atoms with Crippen molar-refractivity contribution in [3.8, 4) is 27.6 Å². The summed E-state index contributed by atoms with van der Waals surface area (Å²) < 4.78 is 50.1. The molecule has 0 aliphatic heterocycles. The van der Waals surface area contributed by atoms with Gasteiger partial charge in [-0.05, 0) is 25.5 Å². The summed E-state index contributed by atoms with van der Waals surface area (Å²) in [4.78, 5) is 36.5. The van der Waals surface area contributed by atoms with E-state index in [2.05, 4.69) is 25.6 Å². The lowest BCUT2D eigenvalue weighted by atomic mass is 10.0. The minimum absolute atomic E-state index is 0.0431. The number of amides is 2. The van der Waals surface area contributed by atoms with Crippen molar-refractivity contribution in [3.05, 3.63) is 41.2 Å². The topological polar surface area (TPSA) is 115 Å². The fourth-order valence-corrected chi connectivity index (χ4v) is 3.92. The lowest BCUT2D eigenvalue weighted by Crippen LogP contribution is -2.28. The third-order valence-electron chi connectivity index (χ3n) is 4.81. The van der Waals surface area contributed by atoms with E-state index in [1.807, 2.05) is 6.92 Å². The van der Waals surface area contributed by atoms with E-state index in [0.717, 1.165) is 29.6 Å². The van der Waals surface area contributed by atoms with Crippen LogP contribution in [0.15, 0.2) is 29.9 Å². The van der Waals surface area contributed by atoms with Crippen LogP contribution in [0.5, 0.6) is 5.88 Å². The Kier molecular flexibility index (Phi) is 8.80. The van der Waals surface area contributed by atoms with Crippen LogP contribution in [0.4, 0.5) is 23.8 Å². The van der Waals surface area contributed by atoms with Crippen LogP contribution in [-0.2, 0) is 10.9 Å². The molecule has 3 heterocycles. The normalized spacial score (nSPS) is 11.2. The van der Waals surface area contributed by atoms with Crippen molar-refractivity contribution in [3.63, 3.8) is 0 Å². The van der Waals surface area contributed by atoms with Crippen LogP contribution < -0.4 is 15.4 Å². The van der Waals surface area contributed by atoms with Crippen LogP contribution in [0.25, 0.3) is 21.7 Å². The largest absolute Gasteiger partial charge is 0.477 e. The summed E-state index contributed by atoms with van der Waals surface area (Å²) in [5.74, 6) is -0.505. The summed E-state index contributed by atoms with van der Waals surface area (Å²) in [6.45, 7) is 4.44. The first-order valence-electron chi connectivity index (χ1n) is 11.0. The quantitative estimate of drug-likeness (QED) is 0.285. The van der Waals surface area contributed by atoms with Gasteiger partial charge >= 0.3 is 18.2 Å². The second-order valence-corrected chi connectivity index (χ2v) is 8.26. The molecule has 0 fully saturated rings. The van der Waals surface area contributed by atoms with Gasteiger partial charge in [-0.25, -0.2) is 24.5 Å². The van der Waals surface area contributed by atoms with Gasteiger partial charge in [0.25, 0.3) is 0 Å². The standard InChI is InChI=1S/C23H24F3N5O4S/c1-4-6-7-35-19-15(21(32)34-3)8-13(10-29-19)16-11-28-18(31-22(33)27-5-2)9-14(16)20-30-17(12-36-20)23(24,25)26/h8-12H,4-7H2,1-3H3,(H2,27,28,31,33). The van der Waals surface area contributed by atoms with Crippen LogP contribution in [0.2, 0.25) is 0 Å². The zero-order valence-corrected chi connectivity index (χ0v) is 20.5. The Bertz CT molecular complexity index is 1230. The number of alkyl halides is 3. The number of nitrogens with zero attached hydrogens (tertiary/aromatic N) is 3. The highest BCUT2D eigenvalue weighted by Gasteiger charge is 2.34. The van der Waals surface area contributed by atoms with Crippen molar-refractivity contribution < 1.29 is 32.2 Å². The van der Waals surface area contributed by atoms with Gasteiger partial charge in [-0.3, -0.25) is 5.32 Å². The molecular formula is C23H24F3N5O4S. The Labute approximate surface area is 209 Å². The van der Waals surface area contributed by atoms with E-state index in [4.69, 9.17) is 9.47 Å². The van der Waals surface area contributed by atoms with Crippen LogP contribution >= 0.6 is 11.3 Å². The van der Waals surface area contributed by atoms with E-state index in [0.29, 0.717) is 24.3 Å². The smallest absolute Gasteiger partial charge is 0.434 e. The maximum Gasteiger partial charge on any atom is 0.434 e. The van der Waals surface area contributed by atoms with Crippen molar-refractivity contribution >= 4 is 29.2 Å². The lowest BCUT2D eigenvalue weighted by molar-refractivity contribution is -0.140. The van der Waals surface area contributed by atoms with Gasteiger partial charge in [0.1, 0.15) is 16.4 Å². The molecule has 0 aliphatic rings. The fraction of sp³-hybridized carbons (Fsp3) is 0.348. The molecule has 0 aliphatic carbocycles. The molecule has 0 bridgehead atoms. The molecule has 3 aromatic rings. The predicted molar refractivity (Wildman–Crippen MR) is 128 cm³/mol. The van der Waals surface area contributed by atoms with E-state index in [1.54, 1.807) is 6.92 Å².